The van der Waals surface area contributed by atoms with Crippen molar-refractivity contribution in [3.05, 3.63) is 65.0 Å². The number of rotatable bonds is 8. The molecule has 1 saturated heterocycles. The van der Waals surface area contributed by atoms with Gasteiger partial charge in [0.15, 0.2) is 0 Å². The van der Waals surface area contributed by atoms with Crippen molar-refractivity contribution < 1.29 is 17.9 Å². The third-order valence-corrected chi connectivity index (χ3v) is 8.19. The number of carbonyl (C=O) groups excluding carboxylic acids is 1. The third kappa shape index (κ3) is 7.97. The Balaban J connectivity index is 0.00000216. The molecule has 11 heteroatoms. The fourth-order valence-corrected chi connectivity index (χ4v) is 5.58. The van der Waals surface area contributed by atoms with Gasteiger partial charge < -0.3 is 19.9 Å². The summed E-state index contributed by atoms with van der Waals surface area (Å²) in [7, 11) is -1.22. The molecule has 0 saturated carbocycles. The highest BCUT2D eigenvalue weighted by atomic mass is 32.2. The second kappa shape index (κ2) is 14.2. The summed E-state index contributed by atoms with van der Waals surface area (Å²) in [6.07, 6.45) is 17.8. The fourth-order valence-electron chi connectivity index (χ4n) is 4.75. The Morgan fingerprint density at radius 1 is 1.18 bits per heavy atom. The first-order valence-corrected chi connectivity index (χ1v) is 15.1. The van der Waals surface area contributed by atoms with E-state index in [2.05, 4.69) is 28.2 Å². The summed E-state index contributed by atoms with van der Waals surface area (Å²) in [6.45, 7) is 8.81. The topological polar surface area (TPSA) is 100 Å². The van der Waals surface area contributed by atoms with Gasteiger partial charge in [-0.05, 0) is 50.1 Å². The number of terminal acetylenes is 1. The predicted octanol–water partition coefficient (Wildman–Crippen LogP) is 2.85. The van der Waals surface area contributed by atoms with Gasteiger partial charge >= 0.3 is 0 Å². The van der Waals surface area contributed by atoms with Crippen LogP contribution >= 0.6 is 0 Å². The highest BCUT2D eigenvalue weighted by Crippen LogP contribution is 2.26. The Labute approximate surface area is 238 Å². The van der Waals surface area contributed by atoms with Crippen molar-refractivity contribution >= 4 is 21.7 Å². The first kappa shape index (κ1) is 30.9. The lowest BCUT2D eigenvalue weighted by atomic mass is 10.1. The lowest BCUT2D eigenvalue weighted by molar-refractivity contribution is 0.0761. The molecule has 0 radical (unpaired) electrons. The summed E-state index contributed by atoms with van der Waals surface area (Å²) < 4.78 is 32.7. The molecule has 0 atom stereocenters. The average Bonchev–Trinajstić information content (AvgIpc) is 3.17. The predicted molar refractivity (Wildman–Crippen MR) is 159 cm³/mol. The van der Waals surface area contributed by atoms with E-state index in [9.17, 15) is 13.2 Å². The standard InChI is InChI=1S/C27H38N6O4S.C2H2/c1-5-6-8-24-20-32(19-23-18-28-30(3)26(23)29-24)27(34)22-9-10-25(21(2)17-22)37-16-7-11-31-12-14-33(15-13-31)38(4,35)36;1-2/h5-6,8-10,17-18,29H,7,11-16,19-20H2,1-4H3;1-2H/b6-5-,24-8+;. The van der Waals surface area contributed by atoms with Gasteiger partial charge in [-0.1, -0.05) is 12.2 Å². The van der Waals surface area contributed by atoms with E-state index in [0.717, 1.165) is 54.4 Å². The molecular formula is C29H40N6O4S. The van der Waals surface area contributed by atoms with Crippen LogP contribution < -0.4 is 10.1 Å². The van der Waals surface area contributed by atoms with Crippen LogP contribution in [0.3, 0.4) is 0 Å². The summed E-state index contributed by atoms with van der Waals surface area (Å²) in [4.78, 5) is 17.6. The Kier molecular flexibility index (Phi) is 11.0. The summed E-state index contributed by atoms with van der Waals surface area (Å²) >= 11 is 0. The van der Waals surface area contributed by atoms with Crippen molar-refractivity contribution in [2.24, 2.45) is 7.05 Å². The maximum atomic E-state index is 13.5. The molecular weight excluding hydrogens is 528 g/mol. The van der Waals surface area contributed by atoms with Crippen LogP contribution in [0.1, 0.15) is 34.8 Å². The number of hydrogen-bond donors (Lipinski definition) is 1. The van der Waals surface area contributed by atoms with Gasteiger partial charge in [0.25, 0.3) is 5.91 Å². The van der Waals surface area contributed by atoms with Crippen LogP contribution in [0.5, 0.6) is 5.75 Å². The molecule has 10 nitrogen and oxygen atoms in total. The summed E-state index contributed by atoms with van der Waals surface area (Å²) in [5, 5.41) is 7.77. The maximum absolute atomic E-state index is 13.5. The summed E-state index contributed by atoms with van der Waals surface area (Å²) in [5.41, 5.74) is 3.43. The largest absolute Gasteiger partial charge is 0.493 e. The Morgan fingerprint density at radius 3 is 2.55 bits per heavy atom. The molecule has 0 bridgehead atoms. The highest BCUT2D eigenvalue weighted by molar-refractivity contribution is 7.88. The molecule has 0 spiro atoms. The molecule has 3 heterocycles. The molecule has 1 N–H and O–H groups in total. The van der Waals surface area contributed by atoms with Crippen LogP contribution in [0, 0.1) is 19.8 Å². The van der Waals surface area contributed by atoms with Crippen LogP contribution in [0.4, 0.5) is 5.82 Å². The molecule has 2 aliphatic heterocycles. The molecule has 1 amide bonds. The number of hydrogen-bond acceptors (Lipinski definition) is 7. The number of piperazine rings is 1. The van der Waals surface area contributed by atoms with E-state index in [-0.39, 0.29) is 5.91 Å². The minimum absolute atomic E-state index is 0.0437. The van der Waals surface area contributed by atoms with E-state index in [1.54, 1.807) is 10.9 Å². The smallest absolute Gasteiger partial charge is 0.254 e. The second-order valence-corrected chi connectivity index (χ2v) is 11.8. The number of ether oxygens (including phenoxy) is 1. The number of carbonyl (C=O) groups is 1. The number of amides is 1. The summed E-state index contributed by atoms with van der Waals surface area (Å²) in [6, 6.07) is 5.59. The van der Waals surface area contributed by atoms with Crippen molar-refractivity contribution in [3.63, 3.8) is 0 Å². The van der Waals surface area contributed by atoms with E-state index in [1.165, 1.54) is 10.6 Å². The van der Waals surface area contributed by atoms with Gasteiger partial charge in [0.05, 0.1) is 32.1 Å². The van der Waals surface area contributed by atoms with Crippen molar-refractivity contribution in [1.29, 1.82) is 0 Å². The Bertz CT molecular complexity index is 1350. The molecule has 2 aromatic rings. The van der Waals surface area contributed by atoms with Gasteiger partial charge in [-0.3, -0.25) is 9.48 Å². The van der Waals surface area contributed by atoms with Crippen molar-refractivity contribution in [1.82, 2.24) is 23.9 Å². The first-order chi connectivity index (χ1) is 19.2. The first-order valence-electron chi connectivity index (χ1n) is 13.3. The van der Waals surface area contributed by atoms with E-state index < -0.39 is 10.0 Å². The van der Waals surface area contributed by atoms with Crippen molar-refractivity contribution in [2.45, 2.75) is 26.8 Å². The van der Waals surface area contributed by atoms with Crippen LogP contribution in [0.25, 0.3) is 0 Å². The number of benzene rings is 1. The summed E-state index contributed by atoms with van der Waals surface area (Å²) in [5.74, 6) is 1.62. The van der Waals surface area contributed by atoms with Gasteiger partial charge in [-0.25, -0.2) is 8.42 Å². The van der Waals surface area contributed by atoms with Crippen LogP contribution in [-0.4, -0.2) is 90.3 Å². The normalized spacial score (nSPS) is 17.6. The number of nitrogens with zero attached hydrogens (tertiary/aromatic N) is 5. The zero-order valence-electron chi connectivity index (χ0n) is 23.8. The lowest BCUT2D eigenvalue weighted by Gasteiger charge is -2.33. The van der Waals surface area contributed by atoms with Crippen LogP contribution in [-0.2, 0) is 23.6 Å². The number of aryl methyl sites for hydroxylation is 2. The molecule has 216 valence electrons. The fraction of sp³-hybridized carbons (Fsp3) is 0.448. The molecule has 0 unspecified atom stereocenters. The van der Waals surface area contributed by atoms with E-state index in [0.29, 0.717) is 38.3 Å². The Hall–Kier alpha value is -3.59. The van der Waals surface area contributed by atoms with Gasteiger partial charge in [0.2, 0.25) is 10.0 Å². The highest BCUT2D eigenvalue weighted by Gasteiger charge is 2.25. The minimum Gasteiger partial charge on any atom is -0.493 e. The van der Waals surface area contributed by atoms with Gasteiger partial charge in [-0.15, -0.1) is 12.8 Å². The van der Waals surface area contributed by atoms with E-state index in [4.69, 9.17) is 4.74 Å². The number of sulfonamides is 1. The lowest BCUT2D eigenvalue weighted by Crippen LogP contribution is -2.48. The molecule has 1 aromatic carbocycles. The maximum Gasteiger partial charge on any atom is 0.254 e. The number of fused-ring (bicyclic) bond motifs is 1. The molecule has 40 heavy (non-hydrogen) atoms. The minimum atomic E-state index is -3.11. The molecule has 4 rings (SSSR count). The van der Waals surface area contributed by atoms with Gasteiger partial charge in [-0.2, -0.15) is 9.40 Å². The molecule has 1 fully saturated rings. The Morgan fingerprint density at radius 2 is 1.90 bits per heavy atom. The number of aromatic nitrogens is 2. The average molecular weight is 569 g/mol. The number of anilines is 1. The quantitative estimate of drug-likeness (QED) is 0.386. The van der Waals surface area contributed by atoms with Gasteiger partial charge in [0, 0.05) is 56.6 Å². The monoisotopic (exact) mass is 568 g/mol. The zero-order chi connectivity index (χ0) is 29.3. The van der Waals surface area contributed by atoms with Crippen LogP contribution in [0.2, 0.25) is 0 Å². The zero-order valence-corrected chi connectivity index (χ0v) is 24.7. The van der Waals surface area contributed by atoms with Crippen molar-refractivity contribution in [2.75, 3.05) is 57.4 Å². The SMILES string of the molecule is C#C.C/C=C\C=C1/CN(C(=O)c2ccc(OCCCN3CCN(S(C)(=O)=O)CC3)c(C)c2)Cc2cnn(C)c2N1. The van der Waals surface area contributed by atoms with E-state index in [1.807, 2.05) is 62.2 Å². The third-order valence-electron chi connectivity index (χ3n) is 6.89. The molecule has 1 aromatic heterocycles. The van der Waals surface area contributed by atoms with E-state index >= 15 is 0 Å². The number of allylic oxidation sites excluding steroid dienone is 3. The van der Waals surface area contributed by atoms with Gasteiger partial charge in [0.1, 0.15) is 11.6 Å². The number of nitrogens with one attached hydrogen (secondary N) is 1. The van der Waals surface area contributed by atoms with Crippen molar-refractivity contribution in [3.8, 4) is 18.6 Å². The second-order valence-electron chi connectivity index (χ2n) is 9.83. The molecule has 2 aliphatic rings. The van der Waals surface area contributed by atoms with Crippen LogP contribution in [0.15, 0.2) is 48.3 Å². The molecule has 0 aliphatic carbocycles.